The fourth-order valence-corrected chi connectivity index (χ4v) is 3.51. The summed E-state index contributed by atoms with van der Waals surface area (Å²) < 4.78 is 10.9. The SMILES string of the molecule is CC1CC(C)CN(C(=NCC(C)(C)CN)Nc2ccc3c(c2)OCO3)C1. The van der Waals surface area contributed by atoms with E-state index in [4.69, 9.17) is 20.2 Å². The van der Waals surface area contributed by atoms with Gasteiger partial charge in [-0.15, -0.1) is 0 Å². The summed E-state index contributed by atoms with van der Waals surface area (Å²) in [5.74, 6) is 3.80. The lowest BCUT2D eigenvalue weighted by atomic mass is 9.92. The predicted molar refractivity (Wildman–Crippen MR) is 106 cm³/mol. The molecule has 2 heterocycles. The van der Waals surface area contributed by atoms with E-state index < -0.39 is 0 Å². The van der Waals surface area contributed by atoms with Crippen LogP contribution in [0.25, 0.3) is 0 Å². The van der Waals surface area contributed by atoms with Crippen molar-refractivity contribution < 1.29 is 9.47 Å². The monoisotopic (exact) mass is 360 g/mol. The molecule has 1 aromatic rings. The molecule has 0 radical (unpaired) electrons. The van der Waals surface area contributed by atoms with Gasteiger partial charge in [0.05, 0.1) is 0 Å². The van der Waals surface area contributed by atoms with Crippen molar-refractivity contribution in [3.05, 3.63) is 18.2 Å². The maximum atomic E-state index is 5.90. The first-order chi connectivity index (χ1) is 12.4. The molecule has 26 heavy (non-hydrogen) atoms. The number of anilines is 1. The Morgan fingerprint density at radius 1 is 1.23 bits per heavy atom. The summed E-state index contributed by atoms with van der Waals surface area (Å²) in [5.41, 5.74) is 6.84. The lowest BCUT2D eigenvalue weighted by Gasteiger charge is -2.37. The number of fused-ring (bicyclic) bond motifs is 1. The largest absolute Gasteiger partial charge is 0.454 e. The number of aliphatic imine (C=N–C) groups is 1. The van der Waals surface area contributed by atoms with Crippen molar-refractivity contribution in [3.8, 4) is 11.5 Å². The van der Waals surface area contributed by atoms with Gasteiger partial charge in [0.2, 0.25) is 6.79 Å². The average Bonchev–Trinajstić information content (AvgIpc) is 3.05. The van der Waals surface area contributed by atoms with E-state index in [-0.39, 0.29) is 12.2 Å². The van der Waals surface area contributed by atoms with Gasteiger partial charge in [-0.2, -0.15) is 0 Å². The topological polar surface area (TPSA) is 72.1 Å². The Morgan fingerprint density at radius 2 is 1.92 bits per heavy atom. The summed E-state index contributed by atoms with van der Waals surface area (Å²) in [7, 11) is 0. The summed E-state index contributed by atoms with van der Waals surface area (Å²) in [6.45, 7) is 12.5. The molecule has 0 saturated carbocycles. The van der Waals surface area contributed by atoms with E-state index in [0.29, 0.717) is 24.9 Å². The number of nitrogens with one attached hydrogen (secondary N) is 1. The lowest BCUT2D eigenvalue weighted by Crippen LogP contribution is -2.46. The molecule has 144 valence electrons. The number of hydrogen-bond acceptors (Lipinski definition) is 4. The minimum Gasteiger partial charge on any atom is -0.454 e. The van der Waals surface area contributed by atoms with E-state index in [9.17, 15) is 0 Å². The van der Waals surface area contributed by atoms with Crippen LogP contribution in [0.1, 0.15) is 34.1 Å². The minimum absolute atomic E-state index is 0.0190. The average molecular weight is 361 g/mol. The van der Waals surface area contributed by atoms with Crippen molar-refractivity contribution in [2.24, 2.45) is 28.0 Å². The number of hydrogen-bond donors (Lipinski definition) is 2. The second-order valence-corrected chi connectivity index (χ2v) is 8.55. The highest BCUT2D eigenvalue weighted by atomic mass is 16.7. The second-order valence-electron chi connectivity index (χ2n) is 8.55. The molecule has 0 aromatic heterocycles. The standard InChI is InChI=1S/C20H32N4O2/c1-14-7-15(2)10-24(9-14)19(22-12-20(3,4)11-21)23-16-5-6-17-18(8-16)26-13-25-17/h5-6,8,14-15H,7,9-13,21H2,1-4H3,(H,22,23). The van der Waals surface area contributed by atoms with Gasteiger partial charge < -0.3 is 25.4 Å². The van der Waals surface area contributed by atoms with Crippen LogP contribution in [0.5, 0.6) is 11.5 Å². The molecule has 6 nitrogen and oxygen atoms in total. The van der Waals surface area contributed by atoms with Crippen LogP contribution in [0.2, 0.25) is 0 Å². The smallest absolute Gasteiger partial charge is 0.231 e. The molecule has 1 fully saturated rings. The summed E-state index contributed by atoms with van der Waals surface area (Å²) in [6, 6.07) is 5.92. The number of nitrogens with two attached hydrogens (primary N) is 1. The van der Waals surface area contributed by atoms with Gasteiger partial charge >= 0.3 is 0 Å². The fourth-order valence-electron chi connectivity index (χ4n) is 3.51. The number of benzene rings is 1. The first kappa shape index (κ1) is 18.8. The van der Waals surface area contributed by atoms with E-state index in [1.165, 1.54) is 6.42 Å². The Kier molecular flexibility index (Phi) is 5.61. The zero-order valence-electron chi connectivity index (χ0n) is 16.4. The maximum Gasteiger partial charge on any atom is 0.231 e. The Hall–Kier alpha value is -1.95. The van der Waals surface area contributed by atoms with E-state index in [2.05, 4.69) is 37.9 Å². The van der Waals surface area contributed by atoms with Gasteiger partial charge in [-0.3, -0.25) is 4.99 Å². The molecule has 0 amide bonds. The van der Waals surface area contributed by atoms with Crippen LogP contribution < -0.4 is 20.5 Å². The van der Waals surface area contributed by atoms with Crippen molar-refractivity contribution in [1.29, 1.82) is 0 Å². The number of piperidine rings is 1. The Morgan fingerprint density at radius 3 is 2.62 bits per heavy atom. The zero-order chi connectivity index (χ0) is 18.7. The normalized spacial score (nSPS) is 23.3. The Labute approximate surface area is 156 Å². The molecule has 0 aliphatic carbocycles. The first-order valence-electron chi connectivity index (χ1n) is 9.52. The highest BCUT2D eigenvalue weighted by molar-refractivity contribution is 5.94. The zero-order valence-corrected chi connectivity index (χ0v) is 16.4. The van der Waals surface area contributed by atoms with Crippen molar-refractivity contribution in [2.45, 2.75) is 34.1 Å². The van der Waals surface area contributed by atoms with Crippen LogP contribution in [-0.2, 0) is 0 Å². The number of nitrogens with zero attached hydrogens (tertiary/aromatic N) is 2. The quantitative estimate of drug-likeness (QED) is 0.637. The summed E-state index contributed by atoms with van der Waals surface area (Å²) in [5, 5.41) is 3.52. The van der Waals surface area contributed by atoms with Crippen molar-refractivity contribution in [3.63, 3.8) is 0 Å². The molecule has 1 saturated heterocycles. The number of rotatable bonds is 4. The van der Waals surface area contributed by atoms with Crippen molar-refractivity contribution in [2.75, 3.05) is 38.3 Å². The van der Waals surface area contributed by atoms with Crippen LogP contribution in [0, 0.1) is 17.3 Å². The third-order valence-corrected chi connectivity index (χ3v) is 5.01. The number of guanidine groups is 1. The fraction of sp³-hybridized carbons (Fsp3) is 0.650. The van der Waals surface area contributed by atoms with Crippen LogP contribution in [0.3, 0.4) is 0 Å². The van der Waals surface area contributed by atoms with Gasteiger partial charge in [-0.1, -0.05) is 27.7 Å². The van der Waals surface area contributed by atoms with E-state index >= 15 is 0 Å². The predicted octanol–water partition coefficient (Wildman–Crippen LogP) is 3.15. The summed E-state index contributed by atoms with van der Waals surface area (Å²) in [6.07, 6.45) is 1.27. The lowest BCUT2D eigenvalue weighted by molar-refractivity contribution is 0.174. The van der Waals surface area contributed by atoms with Gasteiger partial charge in [0.15, 0.2) is 17.5 Å². The van der Waals surface area contributed by atoms with Crippen LogP contribution >= 0.6 is 0 Å². The molecule has 2 aliphatic heterocycles. The first-order valence-corrected chi connectivity index (χ1v) is 9.52. The highest BCUT2D eigenvalue weighted by Crippen LogP contribution is 2.34. The van der Waals surface area contributed by atoms with Gasteiger partial charge in [0.1, 0.15) is 0 Å². The van der Waals surface area contributed by atoms with Gasteiger partial charge in [-0.05, 0) is 42.3 Å². The van der Waals surface area contributed by atoms with Crippen LogP contribution in [-0.4, -0.2) is 43.8 Å². The van der Waals surface area contributed by atoms with E-state index in [1.807, 2.05) is 18.2 Å². The summed E-state index contributed by atoms with van der Waals surface area (Å²) in [4.78, 5) is 7.30. The molecule has 2 aliphatic rings. The maximum absolute atomic E-state index is 5.90. The molecule has 3 rings (SSSR count). The molecular formula is C20H32N4O2. The van der Waals surface area contributed by atoms with Crippen LogP contribution in [0.15, 0.2) is 23.2 Å². The van der Waals surface area contributed by atoms with Crippen LogP contribution in [0.4, 0.5) is 5.69 Å². The van der Waals surface area contributed by atoms with E-state index in [0.717, 1.165) is 36.2 Å². The summed E-state index contributed by atoms with van der Waals surface area (Å²) >= 11 is 0. The third kappa shape index (κ3) is 4.61. The van der Waals surface area contributed by atoms with Gasteiger partial charge in [0, 0.05) is 31.4 Å². The minimum atomic E-state index is -0.0190. The van der Waals surface area contributed by atoms with E-state index in [1.54, 1.807) is 0 Å². The number of likely N-dealkylation sites (tertiary alicyclic amines) is 1. The molecule has 2 atom stereocenters. The molecule has 1 aromatic carbocycles. The Bertz CT molecular complexity index is 649. The molecule has 3 N–H and O–H groups in total. The Balaban J connectivity index is 1.81. The van der Waals surface area contributed by atoms with Crippen molar-refractivity contribution in [1.82, 2.24) is 4.90 Å². The van der Waals surface area contributed by atoms with Gasteiger partial charge in [-0.25, -0.2) is 0 Å². The third-order valence-electron chi connectivity index (χ3n) is 5.01. The van der Waals surface area contributed by atoms with Crippen molar-refractivity contribution >= 4 is 11.6 Å². The highest BCUT2D eigenvalue weighted by Gasteiger charge is 2.25. The molecule has 2 unspecified atom stereocenters. The molecular weight excluding hydrogens is 328 g/mol. The van der Waals surface area contributed by atoms with Gasteiger partial charge in [0.25, 0.3) is 0 Å². The second kappa shape index (κ2) is 7.74. The molecule has 0 bridgehead atoms. The molecule has 6 heteroatoms. The molecule has 0 spiro atoms. The number of ether oxygens (including phenoxy) is 2.